The van der Waals surface area contributed by atoms with Gasteiger partial charge in [-0.3, -0.25) is 10.0 Å². The molecule has 9 heteroatoms. The standard InChI is InChI=1S/C19H19ClN2O5S/c20-18-13-16(2-1-15(18)5-8-19(23)21-24)14-3-6-17(7-4-14)28(25,26)22-9-11-27-12-10-22/h1-8,13,24H,9-12H2,(H,21,23)/b8-5+. The van der Waals surface area contributed by atoms with Crippen LogP contribution in [0.2, 0.25) is 5.02 Å². The van der Waals surface area contributed by atoms with Crippen molar-refractivity contribution < 1.29 is 23.2 Å². The van der Waals surface area contributed by atoms with Gasteiger partial charge in [-0.15, -0.1) is 0 Å². The second-order valence-electron chi connectivity index (χ2n) is 6.09. The SMILES string of the molecule is O=C(/C=C/c1ccc(-c2ccc(S(=O)(=O)N3CCOCC3)cc2)cc1Cl)NO. The van der Waals surface area contributed by atoms with Crippen LogP contribution in [0.25, 0.3) is 17.2 Å². The minimum Gasteiger partial charge on any atom is -0.379 e. The summed E-state index contributed by atoms with van der Waals surface area (Å²) in [7, 11) is -3.53. The van der Waals surface area contributed by atoms with Crippen molar-refractivity contribution in [3.05, 3.63) is 59.1 Å². The third-order valence-corrected chi connectivity index (χ3v) is 6.56. The van der Waals surface area contributed by atoms with Crippen LogP contribution in [0.4, 0.5) is 0 Å². The normalized spacial score (nSPS) is 15.6. The van der Waals surface area contributed by atoms with Gasteiger partial charge in [0, 0.05) is 24.2 Å². The van der Waals surface area contributed by atoms with Crippen molar-refractivity contribution in [1.82, 2.24) is 9.79 Å². The van der Waals surface area contributed by atoms with Gasteiger partial charge in [0.2, 0.25) is 10.0 Å². The van der Waals surface area contributed by atoms with Crippen LogP contribution >= 0.6 is 11.6 Å². The van der Waals surface area contributed by atoms with E-state index in [1.165, 1.54) is 15.9 Å². The highest BCUT2D eigenvalue weighted by molar-refractivity contribution is 7.89. The van der Waals surface area contributed by atoms with Gasteiger partial charge in [-0.1, -0.05) is 35.9 Å². The van der Waals surface area contributed by atoms with Crippen LogP contribution in [-0.2, 0) is 19.6 Å². The molecule has 1 heterocycles. The molecule has 0 spiro atoms. The number of nitrogens with one attached hydrogen (secondary N) is 1. The predicted molar refractivity (Wildman–Crippen MR) is 105 cm³/mol. The first kappa shape index (κ1) is 20.5. The van der Waals surface area contributed by atoms with Gasteiger partial charge < -0.3 is 4.74 Å². The van der Waals surface area contributed by atoms with Crippen LogP contribution in [0.5, 0.6) is 0 Å². The van der Waals surface area contributed by atoms with Crippen molar-refractivity contribution >= 4 is 33.6 Å². The van der Waals surface area contributed by atoms with Gasteiger partial charge in [-0.2, -0.15) is 4.31 Å². The lowest BCUT2D eigenvalue weighted by Gasteiger charge is -2.26. The Morgan fingerprint density at radius 1 is 1.11 bits per heavy atom. The number of carbonyl (C=O) groups excluding carboxylic acids is 1. The van der Waals surface area contributed by atoms with E-state index in [1.807, 2.05) is 6.07 Å². The summed E-state index contributed by atoms with van der Waals surface area (Å²) in [6.07, 6.45) is 2.64. The zero-order valence-electron chi connectivity index (χ0n) is 14.8. The number of hydroxylamine groups is 1. The lowest BCUT2D eigenvalue weighted by atomic mass is 10.0. The lowest BCUT2D eigenvalue weighted by molar-refractivity contribution is -0.124. The zero-order chi connectivity index (χ0) is 20.1. The molecule has 1 fully saturated rings. The van der Waals surface area contributed by atoms with E-state index < -0.39 is 15.9 Å². The first-order chi connectivity index (χ1) is 13.4. The Labute approximate surface area is 168 Å². The molecule has 2 aromatic rings. The molecular formula is C19H19ClN2O5S. The minimum absolute atomic E-state index is 0.235. The molecule has 0 radical (unpaired) electrons. The van der Waals surface area contributed by atoms with Gasteiger partial charge in [-0.25, -0.2) is 13.9 Å². The van der Waals surface area contributed by atoms with E-state index in [2.05, 4.69) is 0 Å². The van der Waals surface area contributed by atoms with Gasteiger partial charge >= 0.3 is 0 Å². The van der Waals surface area contributed by atoms with Gasteiger partial charge in [0.05, 0.1) is 18.1 Å². The number of rotatable bonds is 5. The van der Waals surface area contributed by atoms with Crippen LogP contribution in [-0.4, -0.2) is 50.1 Å². The summed E-state index contributed by atoms with van der Waals surface area (Å²) in [5, 5.41) is 8.92. The van der Waals surface area contributed by atoms with Crippen LogP contribution < -0.4 is 5.48 Å². The second-order valence-corrected chi connectivity index (χ2v) is 8.43. The Morgan fingerprint density at radius 2 is 1.75 bits per heavy atom. The summed E-state index contributed by atoms with van der Waals surface area (Å²) in [6.45, 7) is 1.50. The number of nitrogens with zero attached hydrogens (tertiary/aromatic N) is 1. The molecule has 0 unspecified atom stereocenters. The number of sulfonamides is 1. The summed E-state index contributed by atoms with van der Waals surface area (Å²) in [6, 6.07) is 11.9. The van der Waals surface area contributed by atoms with E-state index in [9.17, 15) is 13.2 Å². The van der Waals surface area contributed by atoms with Gasteiger partial charge in [-0.05, 0) is 41.0 Å². The summed E-state index contributed by atoms with van der Waals surface area (Å²) in [5.74, 6) is -0.655. The maximum Gasteiger partial charge on any atom is 0.267 e. The number of carbonyl (C=O) groups is 1. The van der Waals surface area contributed by atoms with E-state index >= 15 is 0 Å². The Kier molecular flexibility index (Phi) is 6.48. The molecule has 0 saturated carbocycles. The molecule has 1 saturated heterocycles. The largest absolute Gasteiger partial charge is 0.379 e. The zero-order valence-corrected chi connectivity index (χ0v) is 16.4. The second kappa shape index (κ2) is 8.85. The van der Waals surface area contributed by atoms with Crippen molar-refractivity contribution in [2.24, 2.45) is 0 Å². The van der Waals surface area contributed by atoms with E-state index in [-0.39, 0.29) is 4.90 Å². The molecule has 0 aliphatic carbocycles. The van der Waals surface area contributed by atoms with Crippen molar-refractivity contribution in [1.29, 1.82) is 0 Å². The molecule has 0 atom stereocenters. The quantitative estimate of drug-likeness (QED) is 0.438. The van der Waals surface area contributed by atoms with Gasteiger partial charge in [0.15, 0.2) is 0 Å². The Bertz CT molecular complexity index is 984. The molecule has 148 valence electrons. The first-order valence-electron chi connectivity index (χ1n) is 8.52. The molecule has 28 heavy (non-hydrogen) atoms. The van der Waals surface area contributed by atoms with Crippen molar-refractivity contribution in [2.75, 3.05) is 26.3 Å². The highest BCUT2D eigenvalue weighted by atomic mass is 35.5. The van der Waals surface area contributed by atoms with Crippen molar-refractivity contribution in [3.63, 3.8) is 0 Å². The van der Waals surface area contributed by atoms with E-state index in [0.717, 1.165) is 17.2 Å². The van der Waals surface area contributed by atoms with E-state index in [4.69, 9.17) is 21.5 Å². The molecule has 0 aromatic heterocycles. The molecule has 1 aliphatic heterocycles. The molecule has 1 aliphatic rings. The smallest absolute Gasteiger partial charge is 0.267 e. The van der Waals surface area contributed by atoms with E-state index in [0.29, 0.717) is 36.9 Å². The van der Waals surface area contributed by atoms with Gasteiger partial charge in [0.25, 0.3) is 5.91 Å². The fraction of sp³-hybridized carbons (Fsp3) is 0.211. The lowest BCUT2D eigenvalue weighted by Crippen LogP contribution is -2.40. The third-order valence-electron chi connectivity index (χ3n) is 4.32. The Hall–Kier alpha value is -2.23. The summed E-state index contributed by atoms with van der Waals surface area (Å²) in [5.41, 5.74) is 3.74. The highest BCUT2D eigenvalue weighted by Gasteiger charge is 2.26. The van der Waals surface area contributed by atoms with Crippen LogP contribution in [0.1, 0.15) is 5.56 Å². The molecule has 2 N–H and O–H groups in total. The summed E-state index contributed by atoms with van der Waals surface area (Å²) in [4.78, 5) is 11.3. The van der Waals surface area contributed by atoms with Crippen molar-refractivity contribution in [2.45, 2.75) is 4.90 Å². The molecular weight excluding hydrogens is 404 g/mol. The fourth-order valence-corrected chi connectivity index (χ4v) is 4.45. The number of halogens is 1. The van der Waals surface area contributed by atoms with Crippen molar-refractivity contribution in [3.8, 4) is 11.1 Å². The highest BCUT2D eigenvalue weighted by Crippen LogP contribution is 2.28. The number of hydrogen-bond acceptors (Lipinski definition) is 5. The molecule has 3 rings (SSSR count). The molecule has 2 aromatic carbocycles. The average Bonchev–Trinajstić information content (AvgIpc) is 2.73. The topological polar surface area (TPSA) is 95.9 Å². The fourth-order valence-electron chi connectivity index (χ4n) is 2.80. The van der Waals surface area contributed by atoms with E-state index in [1.54, 1.807) is 36.4 Å². The van der Waals surface area contributed by atoms with Crippen LogP contribution in [0, 0.1) is 0 Å². The molecule has 1 amide bonds. The van der Waals surface area contributed by atoms with Crippen LogP contribution in [0.3, 0.4) is 0 Å². The predicted octanol–water partition coefficient (Wildman–Crippen LogP) is 2.55. The third kappa shape index (κ3) is 4.60. The number of ether oxygens (including phenoxy) is 1. The molecule has 7 nitrogen and oxygen atoms in total. The number of amides is 1. The maximum absolute atomic E-state index is 12.7. The first-order valence-corrected chi connectivity index (χ1v) is 10.3. The maximum atomic E-state index is 12.7. The van der Waals surface area contributed by atoms with Crippen LogP contribution in [0.15, 0.2) is 53.4 Å². The number of morpholine rings is 1. The number of benzene rings is 2. The Morgan fingerprint density at radius 3 is 2.36 bits per heavy atom. The average molecular weight is 423 g/mol. The summed E-state index contributed by atoms with van der Waals surface area (Å²) >= 11 is 6.25. The van der Waals surface area contributed by atoms with Gasteiger partial charge in [0.1, 0.15) is 0 Å². The Balaban J connectivity index is 1.80. The molecule has 0 bridgehead atoms. The summed E-state index contributed by atoms with van der Waals surface area (Å²) < 4.78 is 32.0. The number of hydrogen-bond donors (Lipinski definition) is 2. The monoisotopic (exact) mass is 422 g/mol. The minimum atomic E-state index is -3.53.